The average molecular weight is 443 g/mol. The van der Waals surface area contributed by atoms with Gasteiger partial charge in [0, 0.05) is 42.8 Å². The minimum Gasteiger partial charge on any atom is -0.439 e. The van der Waals surface area contributed by atoms with Crippen LogP contribution >= 0.6 is 0 Å². The zero-order valence-electron chi connectivity index (χ0n) is 19.3. The van der Waals surface area contributed by atoms with Gasteiger partial charge in [-0.15, -0.1) is 0 Å². The van der Waals surface area contributed by atoms with Crippen LogP contribution in [0.15, 0.2) is 60.9 Å². The zero-order chi connectivity index (χ0) is 23.5. The number of ether oxygens (including phenoxy) is 1. The zero-order valence-corrected chi connectivity index (χ0v) is 19.3. The molecule has 168 valence electrons. The second-order valence-electron chi connectivity index (χ2n) is 7.95. The lowest BCUT2D eigenvalue weighted by atomic mass is 10.1. The van der Waals surface area contributed by atoms with Gasteiger partial charge in [0.15, 0.2) is 5.82 Å². The van der Waals surface area contributed by atoms with Gasteiger partial charge in [0.2, 0.25) is 5.88 Å². The quantitative estimate of drug-likeness (QED) is 0.466. The van der Waals surface area contributed by atoms with Crippen molar-refractivity contribution in [2.24, 2.45) is 0 Å². The van der Waals surface area contributed by atoms with Crippen molar-refractivity contribution in [3.05, 3.63) is 83.4 Å². The minimum atomic E-state index is -0.173. The molecule has 0 saturated heterocycles. The monoisotopic (exact) mass is 442 g/mol. The number of nitrogens with zero attached hydrogens (tertiary/aromatic N) is 5. The highest BCUT2D eigenvalue weighted by Gasteiger charge is 2.12. The highest BCUT2D eigenvalue weighted by molar-refractivity contribution is 6.04. The van der Waals surface area contributed by atoms with Crippen LogP contribution in [0, 0.1) is 20.8 Å². The molecule has 2 aromatic carbocycles. The summed E-state index contributed by atoms with van der Waals surface area (Å²) >= 11 is 0. The smallest absolute Gasteiger partial charge is 0.255 e. The van der Waals surface area contributed by atoms with Gasteiger partial charge in [0.25, 0.3) is 5.91 Å². The normalized spacial score (nSPS) is 10.7. The van der Waals surface area contributed by atoms with Crippen molar-refractivity contribution in [1.29, 1.82) is 0 Å². The number of carbonyl (C=O) groups excluding carboxylic acids is 1. The Morgan fingerprint density at radius 1 is 1.00 bits per heavy atom. The molecular formula is C25H26N6O2. The molecule has 0 aliphatic heterocycles. The van der Waals surface area contributed by atoms with Crippen molar-refractivity contribution in [2.45, 2.75) is 20.8 Å². The van der Waals surface area contributed by atoms with Gasteiger partial charge in [-0.1, -0.05) is 6.07 Å². The molecule has 4 aromatic rings. The van der Waals surface area contributed by atoms with Gasteiger partial charge in [-0.25, -0.2) is 14.6 Å². The fourth-order valence-electron chi connectivity index (χ4n) is 3.30. The first-order valence-electron chi connectivity index (χ1n) is 10.5. The van der Waals surface area contributed by atoms with Crippen LogP contribution < -0.4 is 15.0 Å². The van der Waals surface area contributed by atoms with E-state index in [-0.39, 0.29) is 5.91 Å². The number of aryl methyl sites for hydroxylation is 1. The molecule has 8 heteroatoms. The molecule has 2 heterocycles. The molecule has 1 amide bonds. The molecule has 0 fully saturated rings. The molecule has 0 unspecified atom stereocenters. The first kappa shape index (κ1) is 22.0. The molecule has 4 rings (SSSR count). The molecule has 33 heavy (non-hydrogen) atoms. The minimum absolute atomic E-state index is 0.173. The number of amides is 1. The Hall–Kier alpha value is -4.20. The van der Waals surface area contributed by atoms with Crippen LogP contribution in [-0.2, 0) is 0 Å². The fraction of sp³-hybridized carbons (Fsp3) is 0.200. The molecule has 0 radical (unpaired) electrons. The first-order valence-corrected chi connectivity index (χ1v) is 10.5. The summed E-state index contributed by atoms with van der Waals surface area (Å²) in [5.74, 6) is 1.46. The predicted octanol–water partition coefficient (Wildman–Crippen LogP) is 4.70. The summed E-state index contributed by atoms with van der Waals surface area (Å²) in [6.07, 6.45) is 1.45. The van der Waals surface area contributed by atoms with Gasteiger partial charge >= 0.3 is 0 Å². The van der Waals surface area contributed by atoms with Gasteiger partial charge in [0.1, 0.15) is 12.1 Å². The topological polar surface area (TPSA) is 85.2 Å². The summed E-state index contributed by atoms with van der Waals surface area (Å²) in [7, 11) is 3.88. The van der Waals surface area contributed by atoms with Gasteiger partial charge in [-0.2, -0.15) is 5.10 Å². The fourth-order valence-corrected chi connectivity index (χ4v) is 3.30. The average Bonchev–Trinajstić information content (AvgIpc) is 3.08. The highest BCUT2D eigenvalue weighted by Crippen LogP contribution is 2.24. The number of aromatic nitrogens is 4. The van der Waals surface area contributed by atoms with Crippen LogP contribution in [-0.4, -0.2) is 39.8 Å². The Bertz CT molecular complexity index is 1290. The van der Waals surface area contributed by atoms with Gasteiger partial charge in [0.05, 0.1) is 5.69 Å². The molecule has 8 nitrogen and oxygen atoms in total. The third-order valence-corrected chi connectivity index (χ3v) is 5.46. The van der Waals surface area contributed by atoms with Crippen molar-refractivity contribution in [1.82, 2.24) is 19.7 Å². The number of hydrogen-bond acceptors (Lipinski definition) is 6. The van der Waals surface area contributed by atoms with Gasteiger partial charge < -0.3 is 15.0 Å². The molecule has 0 aliphatic carbocycles. The number of hydrogen-bond donors (Lipinski definition) is 1. The number of nitrogens with one attached hydrogen (secondary N) is 1. The highest BCUT2D eigenvalue weighted by atomic mass is 16.5. The van der Waals surface area contributed by atoms with Gasteiger partial charge in [-0.05, 0) is 68.8 Å². The predicted molar refractivity (Wildman–Crippen MR) is 129 cm³/mol. The van der Waals surface area contributed by atoms with E-state index in [4.69, 9.17) is 4.74 Å². The summed E-state index contributed by atoms with van der Waals surface area (Å²) < 4.78 is 7.67. The first-order chi connectivity index (χ1) is 15.8. The van der Waals surface area contributed by atoms with E-state index in [1.54, 1.807) is 41.1 Å². The van der Waals surface area contributed by atoms with Crippen molar-refractivity contribution in [3.63, 3.8) is 0 Å². The molecule has 0 spiro atoms. The van der Waals surface area contributed by atoms with Crippen LogP contribution in [0.2, 0.25) is 0 Å². The third-order valence-electron chi connectivity index (χ3n) is 5.46. The summed E-state index contributed by atoms with van der Waals surface area (Å²) in [6.45, 7) is 6.00. The Morgan fingerprint density at radius 3 is 2.42 bits per heavy atom. The van der Waals surface area contributed by atoms with Crippen molar-refractivity contribution >= 4 is 17.3 Å². The Kier molecular flexibility index (Phi) is 6.08. The standard InChI is InChI=1S/C25H26N6O2/c1-16-17(2)29-31(18(16)3)23-14-24(27-15-26-23)33-22-11-9-20(10-12-22)28-25(32)19-7-6-8-21(13-19)30(4)5/h6-15H,1-5H3,(H,28,32). The van der Waals surface area contributed by atoms with E-state index in [9.17, 15) is 4.79 Å². The van der Waals surface area contributed by atoms with Gasteiger partial charge in [-0.3, -0.25) is 4.79 Å². The van der Waals surface area contributed by atoms with E-state index in [2.05, 4.69) is 20.4 Å². The van der Waals surface area contributed by atoms with Crippen LogP contribution in [0.4, 0.5) is 11.4 Å². The lowest BCUT2D eigenvalue weighted by molar-refractivity contribution is 0.102. The maximum Gasteiger partial charge on any atom is 0.255 e. The Labute approximate surface area is 192 Å². The molecule has 0 saturated carbocycles. The SMILES string of the molecule is Cc1nn(-c2cc(Oc3ccc(NC(=O)c4cccc(N(C)C)c4)cc3)ncn2)c(C)c1C. The van der Waals surface area contributed by atoms with E-state index in [0.717, 1.165) is 22.6 Å². The number of rotatable bonds is 6. The van der Waals surface area contributed by atoms with E-state index < -0.39 is 0 Å². The summed E-state index contributed by atoms with van der Waals surface area (Å²) in [5, 5.41) is 7.44. The summed E-state index contributed by atoms with van der Waals surface area (Å²) in [6, 6.07) is 16.3. The van der Waals surface area contributed by atoms with Crippen LogP contribution in [0.1, 0.15) is 27.3 Å². The van der Waals surface area contributed by atoms with Crippen molar-refractivity contribution in [3.8, 4) is 17.4 Å². The number of benzene rings is 2. The molecule has 0 atom stereocenters. The molecule has 0 bridgehead atoms. The van der Waals surface area contributed by atoms with Crippen LogP contribution in [0.25, 0.3) is 5.82 Å². The van der Waals surface area contributed by atoms with Crippen LogP contribution in [0.5, 0.6) is 11.6 Å². The second-order valence-corrected chi connectivity index (χ2v) is 7.95. The Balaban J connectivity index is 1.45. The molecule has 1 N–H and O–H groups in total. The Morgan fingerprint density at radius 2 is 1.76 bits per heavy atom. The maximum atomic E-state index is 12.6. The van der Waals surface area contributed by atoms with E-state index in [0.29, 0.717) is 28.7 Å². The van der Waals surface area contributed by atoms with E-state index in [1.165, 1.54) is 6.33 Å². The second kappa shape index (κ2) is 9.12. The van der Waals surface area contributed by atoms with Crippen molar-refractivity contribution < 1.29 is 9.53 Å². The van der Waals surface area contributed by atoms with Crippen LogP contribution in [0.3, 0.4) is 0 Å². The maximum absolute atomic E-state index is 12.6. The number of carbonyl (C=O) groups is 1. The molecular weight excluding hydrogens is 416 g/mol. The third kappa shape index (κ3) is 4.85. The van der Waals surface area contributed by atoms with E-state index in [1.807, 2.05) is 58.0 Å². The summed E-state index contributed by atoms with van der Waals surface area (Å²) in [4.78, 5) is 23.1. The molecule has 0 aliphatic rings. The largest absolute Gasteiger partial charge is 0.439 e. The molecule has 2 aromatic heterocycles. The van der Waals surface area contributed by atoms with E-state index >= 15 is 0 Å². The lowest BCUT2D eigenvalue weighted by Gasteiger charge is -2.13. The van der Waals surface area contributed by atoms with Crippen molar-refractivity contribution in [2.75, 3.05) is 24.3 Å². The summed E-state index contributed by atoms with van der Waals surface area (Å²) in [5.41, 5.74) is 5.33. The number of anilines is 2. The lowest BCUT2D eigenvalue weighted by Crippen LogP contribution is -2.14.